The van der Waals surface area contributed by atoms with Crippen LogP contribution in [0.25, 0.3) is 0 Å². The summed E-state index contributed by atoms with van der Waals surface area (Å²) in [6, 6.07) is 12.3. The number of amides is 1. The predicted octanol–water partition coefficient (Wildman–Crippen LogP) is 2.64. The average molecular weight is 385 g/mol. The van der Waals surface area contributed by atoms with Gasteiger partial charge in [0.1, 0.15) is 17.2 Å². The number of nitro benzene ring substituents is 1. The highest BCUT2D eigenvalue weighted by Crippen LogP contribution is 2.32. The molecule has 0 aliphatic carbocycles. The van der Waals surface area contributed by atoms with Gasteiger partial charge in [-0.05, 0) is 31.2 Å². The summed E-state index contributed by atoms with van der Waals surface area (Å²) >= 11 is 0. The topological polar surface area (TPSA) is 85.2 Å². The highest BCUT2D eigenvalue weighted by molar-refractivity contribution is 5.78. The molecule has 0 unspecified atom stereocenters. The van der Waals surface area contributed by atoms with Gasteiger partial charge in [0.25, 0.3) is 11.6 Å². The number of piperazine rings is 1. The molecule has 2 aromatic carbocycles. The first-order chi connectivity index (χ1) is 13.5. The van der Waals surface area contributed by atoms with Crippen LogP contribution < -0.4 is 14.4 Å². The van der Waals surface area contributed by atoms with Crippen molar-refractivity contribution in [3.05, 3.63) is 58.1 Å². The molecule has 1 aliphatic heterocycles. The number of carbonyl (C=O) groups excluding carboxylic acids is 1. The van der Waals surface area contributed by atoms with Gasteiger partial charge in [-0.2, -0.15) is 0 Å². The van der Waals surface area contributed by atoms with Gasteiger partial charge < -0.3 is 19.3 Å². The number of hydrogen-bond acceptors (Lipinski definition) is 6. The Morgan fingerprint density at radius 2 is 1.71 bits per heavy atom. The summed E-state index contributed by atoms with van der Waals surface area (Å²) in [6.07, 6.45) is 0. The molecule has 28 heavy (non-hydrogen) atoms. The van der Waals surface area contributed by atoms with Crippen molar-refractivity contribution in [3.63, 3.8) is 0 Å². The van der Waals surface area contributed by atoms with Crippen molar-refractivity contribution in [2.24, 2.45) is 0 Å². The Hall–Kier alpha value is -3.29. The lowest BCUT2D eigenvalue weighted by Crippen LogP contribution is -2.50. The van der Waals surface area contributed by atoms with Gasteiger partial charge >= 0.3 is 0 Å². The molecule has 8 heteroatoms. The summed E-state index contributed by atoms with van der Waals surface area (Å²) in [5.41, 5.74) is 1.66. The number of nitro groups is 1. The molecular weight excluding hydrogens is 362 g/mol. The van der Waals surface area contributed by atoms with Crippen molar-refractivity contribution in [1.82, 2.24) is 4.90 Å². The van der Waals surface area contributed by atoms with Crippen molar-refractivity contribution in [2.45, 2.75) is 6.92 Å². The van der Waals surface area contributed by atoms with Crippen molar-refractivity contribution in [2.75, 3.05) is 44.8 Å². The summed E-state index contributed by atoms with van der Waals surface area (Å²) < 4.78 is 10.6. The van der Waals surface area contributed by atoms with Gasteiger partial charge in [0.2, 0.25) is 0 Å². The Kier molecular flexibility index (Phi) is 5.98. The van der Waals surface area contributed by atoms with Crippen LogP contribution in [0.3, 0.4) is 0 Å². The van der Waals surface area contributed by atoms with E-state index >= 15 is 0 Å². The normalized spacial score (nSPS) is 13.9. The third kappa shape index (κ3) is 4.51. The summed E-state index contributed by atoms with van der Waals surface area (Å²) in [7, 11) is 1.47. The number of hydrogen-bond donors (Lipinski definition) is 0. The van der Waals surface area contributed by atoms with Crippen LogP contribution in [0.2, 0.25) is 0 Å². The molecule has 1 amide bonds. The van der Waals surface area contributed by atoms with Gasteiger partial charge in [-0.3, -0.25) is 14.9 Å². The number of carbonyl (C=O) groups is 1. The smallest absolute Gasteiger partial charge is 0.296 e. The maximum atomic E-state index is 12.4. The van der Waals surface area contributed by atoms with Gasteiger partial charge in [-0.1, -0.05) is 17.7 Å². The largest absolute Gasteiger partial charge is 0.496 e. The zero-order valence-corrected chi connectivity index (χ0v) is 16.0. The lowest BCUT2D eigenvalue weighted by molar-refractivity contribution is -0.384. The molecule has 3 rings (SSSR count). The van der Waals surface area contributed by atoms with E-state index in [1.165, 1.54) is 13.2 Å². The monoisotopic (exact) mass is 385 g/mol. The first-order valence-corrected chi connectivity index (χ1v) is 9.02. The zero-order chi connectivity index (χ0) is 20.1. The standard InChI is InChI=1S/C20H23N3O5/c1-15-3-5-16(6-4-15)28-14-20(24)22-11-9-21(10-12-22)18-8-7-17(27-2)13-19(18)23(25)26/h3-8,13H,9-12,14H2,1-2H3. The number of methoxy groups -OCH3 is 1. The number of aryl methyl sites for hydroxylation is 1. The molecule has 8 nitrogen and oxygen atoms in total. The van der Waals surface area contributed by atoms with Crippen LogP contribution in [0.5, 0.6) is 11.5 Å². The fourth-order valence-electron chi connectivity index (χ4n) is 3.11. The number of ether oxygens (including phenoxy) is 2. The first-order valence-electron chi connectivity index (χ1n) is 9.02. The maximum absolute atomic E-state index is 12.4. The Morgan fingerprint density at radius 1 is 1.07 bits per heavy atom. The third-order valence-electron chi connectivity index (χ3n) is 4.74. The lowest BCUT2D eigenvalue weighted by Gasteiger charge is -2.35. The Balaban J connectivity index is 1.57. The molecule has 2 aromatic rings. The first kappa shape index (κ1) is 19.5. The van der Waals surface area contributed by atoms with E-state index in [9.17, 15) is 14.9 Å². The molecule has 0 N–H and O–H groups in total. The Morgan fingerprint density at radius 3 is 2.32 bits per heavy atom. The molecule has 148 valence electrons. The number of rotatable bonds is 6. The van der Waals surface area contributed by atoms with Gasteiger partial charge in [0, 0.05) is 26.2 Å². The van der Waals surface area contributed by atoms with E-state index in [0.29, 0.717) is 43.4 Å². The quantitative estimate of drug-likeness (QED) is 0.561. The van der Waals surface area contributed by atoms with E-state index in [2.05, 4.69) is 0 Å². The molecular formula is C20H23N3O5. The van der Waals surface area contributed by atoms with E-state index in [-0.39, 0.29) is 18.2 Å². The van der Waals surface area contributed by atoms with Gasteiger partial charge in [0.15, 0.2) is 6.61 Å². The zero-order valence-electron chi connectivity index (χ0n) is 16.0. The number of anilines is 1. The predicted molar refractivity (Wildman–Crippen MR) is 105 cm³/mol. The second kappa shape index (κ2) is 8.60. The van der Waals surface area contributed by atoms with Gasteiger partial charge in [-0.15, -0.1) is 0 Å². The van der Waals surface area contributed by atoms with Gasteiger partial charge in [-0.25, -0.2) is 0 Å². The van der Waals surface area contributed by atoms with E-state index in [1.54, 1.807) is 17.0 Å². The highest BCUT2D eigenvalue weighted by Gasteiger charge is 2.26. The van der Waals surface area contributed by atoms with Crippen molar-refractivity contribution < 1.29 is 19.2 Å². The van der Waals surface area contributed by atoms with Crippen LogP contribution in [-0.2, 0) is 4.79 Å². The fraction of sp³-hybridized carbons (Fsp3) is 0.350. The van der Waals surface area contributed by atoms with Crippen molar-refractivity contribution in [3.8, 4) is 11.5 Å². The molecule has 0 atom stereocenters. The minimum atomic E-state index is -0.412. The molecule has 0 bridgehead atoms. The summed E-state index contributed by atoms with van der Waals surface area (Å²) in [5, 5.41) is 11.4. The number of benzene rings is 2. The molecule has 0 radical (unpaired) electrons. The summed E-state index contributed by atoms with van der Waals surface area (Å²) in [6.45, 7) is 3.97. The maximum Gasteiger partial charge on any atom is 0.296 e. The summed E-state index contributed by atoms with van der Waals surface area (Å²) in [4.78, 5) is 27.0. The molecule has 1 aliphatic rings. The highest BCUT2D eigenvalue weighted by atomic mass is 16.6. The van der Waals surface area contributed by atoms with Gasteiger partial charge in [0.05, 0.1) is 18.1 Å². The fourth-order valence-corrected chi connectivity index (χ4v) is 3.11. The molecule has 1 fully saturated rings. The molecule has 1 saturated heterocycles. The lowest BCUT2D eigenvalue weighted by atomic mass is 10.2. The minimum Gasteiger partial charge on any atom is -0.496 e. The average Bonchev–Trinajstić information content (AvgIpc) is 2.72. The van der Waals surface area contributed by atoms with E-state index in [0.717, 1.165) is 5.56 Å². The van der Waals surface area contributed by atoms with Crippen molar-refractivity contribution >= 4 is 17.3 Å². The third-order valence-corrected chi connectivity index (χ3v) is 4.74. The van der Waals surface area contributed by atoms with Crippen LogP contribution in [-0.4, -0.2) is 55.6 Å². The Labute approximate surface area is 163 Å². The van der Waals surface area contributed by atoms with E-state index in [4.69, 9.17) is 9.47 Å². The van der Waals surface area contributed by atoms with Crippen LogP contribution in [0.15, 0.2) is 42.5 Å². The van der Waals surface area contributed by atoms with E-state index in [1.807, 2.05) is 36.1 Å². The molecule has 0 spiro atoms. The molecule has 1 heterocycles. The second-order valence-electron chi connectivity index (χ2n) is 6.58. The minimum absolute atomic E-state index is 0.00170. The van der Waals surface area contributed by atoms with Crippen LogP contribution in [0, 0.1) is 17.0 Å². The SMILES string of the molecule is COc1ccc(N2CCN(C(=O)COc3ccc(C)cc3)CC2)c([N+](=O)[O-])c1. The second-order valence-corrected chi connectivity index (χ2v) is 6.58. The number of nitrogens with zero attached hydrogens (tertiary/aromatic N) is 3. The van der Waals surface area contributed by atoms with Crippen LogP contribution in [0.4, 0.5) is 11.4 Å². The van der Waals surface area contributed by atoms with Crippen LogP contribution in [0.1, 0.15) is 5.56 Å². The van der Waals surface area contributed by atoms with Crippen LogP contribution >= 0.6 is 0 Å². The van der Waals surface area contributed by atoms with E-state index < -0.39 is 4.92 Å². The molecule has 0 aromatic heterocycles. The Bertz CT molecular complexity index is 845. The molecule has 0 saturated carbocycles. The van der Waals surface area contributed by atoms with Crippen molar-refractivity contribution in [1.29, 1.82) is 0 Å². The summed E-state index contributed by atoms with van der Waals surface area (Å²) in [5.74, 6) is 1.01.